The number of carbonyl (C=O) groups is 1. The zero-order valence-electron chi connectivity index (χ0n) is 16.9. The third kappa shape index (κ3) is 6.58. The van der Waals surface area contributed by atoms with E-state index >= 15 is 0 Å². The van der Waals surface area contributed by atoms with Gasteiger partial charge in [0.05, 0.1) is 12.2 Å². The Hall–Kier alpha value is -1.41. The summed E-state index contributed by atoms with van der Waals surface area (Å²) in [5.41, 5.74) is -0.451. The average Bonchev–Trinajstić information content (AvgIpc) is 2.64. The molecular weight excluding hydrogens is 426 g/mol. The number of rotatable bonds is 4. The van der Waals surface area contributed by atoms with Crippen LogP contribution in [0, 0.1) is 0 Å². The Morgan fingerprint density at radius 1 is 1.00 bits per heavy atom. The van der Waals surface area contributed by atoms with E-state index in [1.165, 1.54) is 0 Å². The number of amides is 1. The second-order valence-electron chi connectivity index (χ2n) is 8.51. The first-order chi connectivity index (χ1) is 13.3. The number of hydrogen-bond acceptors (Lipinski definition) is 6. The quantitative estimate of drug-likeness (QED) is 0.671. The van der Waals surface area contributed by atoms with E-state index in [1.807, 2.05) is 32.9 Å². The van der Waals surface area contributed by atoms with Gasteiger partial charge in [-0.05, 0) is 81.3 Å². The predicted octanol–water partition coefficient (Wildman–Crippen LogP) is 4.35. The highest BCUT2D eigenvalue weighted by Crippen LogP contribution is 2.28. The smallest absolute Gasteiger partial charge is 0.410 e. The molecule has 1 saturated heterocycles. The van der Waals surface area contributed by atoms with Crippen LogP contribution in [0.25, 0.3) is 0 Å². The molecule has 2 heterocycles. The van der Waals surface area contributed by atoms with Gasteiger partial charge in [0.15, 0.2) is 0 Å². The molecule has 1 saturated carbocycles. The summed E-state index contributed by atoms with van der Waals surface area (Å²) in [6.45, 7) is 7.07. The highest BCUT2D eigenvalue weighted by Gasteiger charge is 2.30. The van der Waals surface area contributed by atoms with Gasteiger partial charge in [0.1, 0.15) is 16.3 Å². The molecule has 1 aromatic rings. The minimum absolute atomic E-state index is 0.171. The lowest BCUT2D eigenvalue weighted by Crippen LogP contribution is -2.44. The number of piperidine rings is 1. The van der Waals surface area contributed by atoms with Crippen molar-refractivity contribution in [2.24, 2.45) is 0 Å². The first-order valence-corrected chi connectivity index (χ1v) is 10.9. The maximum absolute atomic E-state index is 12.2. The Morgan fingerprint density at radius 3 is 2.18 bits per heavy atom. The van der Waals surface area contributed by atoms with Gasteiger partial charge in [-0.15, -0.1) is 10.2 Å². The van der Waals surface area contributed by atoms with Crippen LogP contribution < -0.4 is 4.74 Å². The SMILES string of the molecule is CC(C)(C)OC(=O)N1CCC(O[C@H]2CC[C@H](Oc3ccc(Br)nn3)CC2)CC1. The summed E-state index contributed by atoms with van der Waals surface area (Å²) in [7, 11) is 0. The van der Waals surface area contributed by atoms with Crippen molar-refractivity contribution in [1.29, 1.82) is 0 Å². The van der Waals surface area contributed by atoms with Crippen LogP contribution in [0.15, 0.2) is 16.7 Å². The van der Waals surface area contributed by atoms with Crippen LogP contribution in [0.5, 0.6) is 5.88 Å². The Labute approximate surface area is 175 Å². The molecule has 2 fully saturated rings. The van der Waals surface area contributed by atoms with Crippen molar-refractivity contribution in [1.82, 2.24) is 15.1 Å². The third-order valence-corrected chi connectivity index (χ3v) is 5.42. The monoisotopic (exact) mass is 455 g/mol. The molecule has 7 nitrogen and oxygen atoms in total. The lowest BCUT2D eigenvalue weighted by molar-refractivity contribution is -0.0678. The molecule has 2 aliphatic rings. The molecule has 28 heavy (non-hydrogen) atoms. The van der Waals surface area contributed by atoms with Crippen molar-refractivity contribution in [3.63, 3.8) is 0 Å². The molecule has 1 aliphatic carbocycles. The van der Waals surface area contributed by atoms with Crippen LogP contribution in [0.2, 0.25) is 0 Å². The second kappa shape index (κ2) is 9.39. The predicted molar refractivity (Wildman–Crippen MR) is 108 cm³/mol. The summed E-state index contributed by atoms with van der Waals surface area (Å²) >= 11 is 3.28. The zero-order valence-corrected chi connectivity index (χ0v) is 18.5. The van der Waals surface area contributed by atoms with E-state index in [0.29, 0.717) is 23.6 Å². The van der Waals surface area contributed by atoms with Crippen LogP contribution in [0.3, 0.4) is 0 Å². The fourth-order valence-corrected chi connectivity index (χ4v) is 3.81. The molecule has 0 unspecified atom stereocenters. The molecule has 0 N–H and O–H groups in total. The average molecular weight is 456 g/mol. The van der Waals surface area contributed by atoms with E-state index in [1.54, 1.807) is 4.90 Å². The van der Waals surface area contributed by atoms with Crippen LogP contribution in [0.4, 0.5) is 4.79 Å². The Balaban J connectivity index is 1.35. The topological polar surface area (TPSA) is 73.8 Å². The number of hydrogen-bond donors (Lipinski definition) is 0. The number of carbonyl (C=O) groups excluding carboxylic acids is 1. The van der Waals surface area contributed by atoms with Gasteiger partial charge in [-0.1, -0.05) is 0 Å². The lowest BCUT2D eigenvalue weighted by Gasteiger charge is -2.36. The van der Waals surface area contributed by atoms with Crippen LogP contribution in [-0.2, 0) is 9.47 Å². The number of halogens is 1. The van der Waals surface area contributed by atoms with Crippen molar-refractivity contribution >= 4 is 22.0 Å². The Kier molecular flexibility index (Phi) is 7.15. The molecule has 1 aromatic heterocycles. The standard InChI is InChI=1S/C20H30BrN3O4/c1-20(2,3)28-19(25)24-12-10-16(11-13-24)26-14-4-6-15(7-5-14)27-18-9-8-17(21)22-23-18/h8-9,14-16H,4-7,10-13H2,1-3H3/t14-,15-. The molecule has 1 amide bonds. The highest BCUT2D eigenvalue weighted by atomic mass is 79.9. The van der Waals surface area contributed by atoms with Gasteiger partial charge in [-0.3, -0.25) is 0 Å². The van der Waals surface area contributed by atoms with Gasteiger partial charge >= 0.3 is 6.09 Å². The summed E-state index contributed by atoms with van der Waals surface area (Å²) < 4.78 is 18.4. The van der Waals surface area contributed by atoms with Gasteiger partial charge in [-0.25, -0.2) is 4.79 Å². The summed E-state index contributed by atoms with van der Waals surface area (Å²) in [5, 5.41) is 7.99. The molecule has 3 rings (SSSR count). The molecule has 1 aliphatic heterocycles. The minimum atomic E-state index is -0.451. The molecule has 0 bridgehead atoms. The minimum Gasteiger partial charge on any atom is -0.473 e. The van der Waals surface area contributed by atoms with E-state index in [9.17, 15) is 4.79 Å². The van der Waals surface area contributed by atoms with Crippen molar-refractivity contribution in [2.75, 3.05) is 13.1 Å². The molecular formula is C20H30BrN3O4. The van der Waals surface area contributed by atoms with E-state index in [2.05, 4.69) is 26.1 Å². The van der Waals surface area contributed by atoms with E-state index in [0.717, 1.165) is 38.5 Å². The number of ether oxygens (including phenoxy) is 3. The fraction of sp³-hybridized carbons (Fsp3) is 0.750. The van der Waals surface area contributed by atoms with E-state index in [-0.39, 0.29) is 24.4 Å². The first-order valence-electron chi connectivity index (χ1n) is 10.1. The first kappa shape index (κ1) is 21.3. The maximum atomic E-state index is 12.2. The van der Waals surface area contributed by atoms with E-state index < -0.39 is 5.60 Å². The maximum Gasteiger partial charge on any atom is 0.410 e. The fourth-order valence-electron chi connectivity index (χ4n) is 3.60. The van der Waals surface area contributed by atoms with Crippen molar-refractivity contribution < 1.29 is 19.0 Å². The molecule has 0 spiro atoms. The van der Waals surface area contributed by atoms with Crippen LogP contribution in [0.1, 0.15) is 59.3 Å². The Morgan fingerprint density at radius 2 is 1.61 bits per heavy atom. The number of likely N-dealkylation sites (tertiary alicyclic amines) is 1. The number of aromatic nitrogens is 2. The summed E-state index contributed by atoms with van der Waals surface area (Å²) in [5.74, 6) is 0.571. The molecule has 156 valence electrons. The van der Waals surface area contributed by atoms with Gasteiger partial charge < -0.3 is 19.1 Å². The zero-order chi connectivity index (χ0) is 20.1. The van der Waals surface area contributed by atoms with Crippen LogP contribution >= 0.6 is 15.9 Å². The molecule has 0 aromatic carbocycles. The van der Waals surface area contributed by atoms with Crippen molar-refractivity contribution in [3.8, 4) is 5.88 Å². The molecule has 0 atom stereocenters. The summed E-state index contributed by atoms with van der Waals surface area (Å²) in [4.78, 5) is 13.9. The largest absolute Gasteiger partial charge is 0.473 e. The van der Waals surface area contributed by atoms with Crippen molar-refractivity contribution in [3.05, 3.63) is 16.7 Å². The summed E-state index contributed by atoms with van der Waals surface area (Å²) in [6, 6.07) is 3.67. The Bertz CT molecular complexity index is 634. The molecule has 8 heteroatoms. The lowest BCUT2D eigenvalue weighted by atomic mass is 9.94. The van der Waals surface area contributed by atoms with E-state index in [4.69, 9.17) is 14.2 Å². The molecule has 0 radical (unpaired) electrons. The highest BCUT2D eigenvalue weighted by molar-refractivity contribution is 9.10. The van der Waals surface area contributed by atoms with Crippen molar-refractivity contribution in [2.45, 2.75) is 83.2 Å². The number of nitrogens with zero attached hydrogens (tertiary/aromatic N) is 3. The second-order valence-corrected chi connectivity index (χ2v) is 9.33. The third-order valence-electron chi connectivity index (χ3n) is 4.99. The summed E-state index contributed by atoms with van der Waals surface area (Å²) in [6.07, 6.45) is 6.06. The normalized spacial score (nSPS) is 24.1. The van der Waals surface area contributed by atoms with Gasteiger partial charge in [0.2, 0.25) is 5.88 Å². The van der Waals surface area contributed by atoms with Crippen LogP contribution in [-0.4, -0.2) is 58.2 Å². The van der Waals surface area contributed by atoms with Gasteiger partial charge in [-0.2, -0.15) is 0 Å². The van der Waals surface area contributed by atoms with Gasteiger partial charge in [0, 0.05) is 19.2 Å². The van der Waals surface area contributed by atoms with Gasteiger partial charge in [0.25, 0.3) is 0 Å².